The van der Waals surface area contributed by atoms with Crippen LogP contribution in [0.15, 0.2) is 36.4 Å². The SMILES string of the molecule is CCOC(=O)c1cc(C(=O)OCC)c2ccccc2c1. The molecule has 0 fully saturated rings. The van der Waals surface area contributed by atoms with Crippen LogP contribution in [0.3, 0.4) is 0 Å². The third kappa shape index (κ3) is 2.79. The van der Waals surface area contributed by atoms with Crippen molar-refractivity contribution in [1.29, 1.82) is 0 Å². The first kappa shape index (κ1) is 14.1. The molecule has 0 atom stereocenters. The van der Waals surface area contributed by atoms with E-state index in [9.17, 15) is 9.59 Å². The second-order valence-electron chi connectivity index (χ2n) is 4.19. The fourth-order valence-corrected chi connectivity index (χ4v) is 2.02. The number of hydrogen-bond acceptors (Lipinski definition) is 4. The molecule has 0 spiro atoms. The van der Waals surface area contributed by atoms with Gasteiger partial charge in [0.05, 0.1) is 24.3 Å². The molecule has 2 rings (SSSR count). The van der Waals surface area contributed by atoms with Gasteiger partial charge in [-0.25, -0.2) is 9.59 Å². The van der Waals surface area contributed by atoms with Gasteiger partial charge in [-0.05, 0) is 36.8 Å². The minimum absolute atomic E-state index is 0.288. The predicted octanol–water partition coefficient (Wildman–Crippen LogP) is 3.19. The summed E-state index contributed by atoms with van der Waals surface area (Å²) in [7, 11) is 0. The highest BCUT2D eigenvalue weighted by Gasteiger charge is 2.16. The molecule has 4 heteroatoms. The van der Waals surface area contributed by atoms with Crippen LogP contribution < -0.4 is 0 Å². The Morgan fingerprint density at radius 1 is 0.950 bits per heavy atom. The van der Waals surface area contributed by atoms with E-state index in [4.69, 9.17) is 9.47 Å². The summed E-state index contributed by atoms with van der Waals surface area (Å²) in [5.74, 6) is -0.876. The number of carbonyl (C=O) groups is 2. The molecule has 0 heterocycles. The summed E-state index contributed by atoms with van der Waals surface area (Å²) in [5, 5.41) is 1.57. The highest BCUT2D eigenvalue weighted by molar-refractivity contribution is 6.08. The number of carbonyl (C=O) groups excluding carboxylic acids is 2. The summed E-state index contributed by atoms with van der Waals surface area (Å²) in [5.41, 5.74) is 0.738. The number of esters is 2. The fraction of sp³-hybridized carbons (Fsp3) is 0.250. The van der Waals surface area contributed by atoms with E-state index in [-0.39, 0.29) is 6.61 Å². The van der Waals surface area contributed by atoms with Crippen LogP contribution in [0.4, 0.5) is 0 Å². The van der Waals surface area contributed by atoms with Crippen molar-refractivity contribution in [2.24, 2.45) is 0 Å². The topological polar surface area (TPSA) is 52.6 Å². The van der Waals surface area contributed by atoms with Crippen LogP contribution >= 0.6 is 0 Å². The van der Waals surface area contributed by atoms with Crippen molar-refractivity contribution in [1.82, 2.24) is 0 Å². The maximum absolute atomic E-state index is 12.0. The Morgan fingerprint density at radius 3 is 2.30 bits per heavy atom. The monoisotopic (exact) mass is 272 g/mol. The normalized spacial score (nSPS) is 10.3. The minimum atomic E-state index is -0.441. The molecule has 0 unspecified atom stereocenters. The molecular weight excluding hydrogens is 256 g/mol. The van der Waals surface area contributed by atoms with Gasteiger partial charge in [-0.2, -0.15) is 0 Å². The molecule has 4 nitrogen and oxygen atoms in total. The van der Waals surface area contributed by atoms with Crippen LogP contribution in [0.5, 0.6) is 0 Å². The molecule has 20 heavy (non-hydrogen) atoms. The van der Waals surface area contributed by atoms with Crippen LogP contribution in [0, 0.1) is 0 Å². The largest absolute Gasteiger partial charge is 0.462 e. The van der Waals surface area contributed by atoms with Gasteiger partial charge in [-0.1, -0.05) is 24.3 Å². The Kier molecular flexibility index (Phi) is 4.35. The maximum atomic E-state index is 12.0. The molecule has 0 aliphatic carbocycles. The van der Waals surface area contributed by atoms with Gasteiger partial charge in [-0.3, -0.25) is 0 Å². The van der Waals surface area contributed by atoms with Gasteiger partial charge in [0.15, 0.2) is 0 Å². The molecule has 2 aromatic rings. The van der Waals surface area contributed by atoms with Gasteiger partial charge >= 0.3 is 11.9 Å². The van der Waals surface area contributed by atoms with E-state index in [0.717, 1.165) is 10.8 Å². The highest BCUT2D eigenvalue weighted by atomic mass is 16.5. The molecule has 0 radical (unpaired) electrons. The molecule has 0 amide bonds. The van der Waals surface area contributed by atoms with Gasteiger partial charge in [-0.15, -0.1) is 0 Å². The number of benzene rings is 2. The zero-order chi connectivity index (χ0) is 14.5. The second-order valence-corrected chi connectivity index (χ2v) is 4.19. The van der Waals surface area contributed by atoms with Crippen LogP contribution in [0.1, 0.15) is 34.6 Å². The molecule has 0 saturated carbocycles. The van der Waals surface area contributed by atoms with Crippen molar-refractivity contribution in [2.75, 3.05) is 13.2 Å². The summed E-state index contributed by atoms with van der Waals surface area (Å²) in [6.07, 6.45) is 0. The third-order valence-electron chi connectivity index (χ3n) is 2.87. The number of ether oxygens (including phenoxy) is 2. The molecule has 0 saturated heterocycles. The molecule has 104 valence electrons. The Hall–Kier alpha value is -2.36. The molecular formula is C16H16O4. The van der Waals surface area contributed by atoms with Gasteiger partial charge in [0.25, 0.3) is 0 Å². The number of fused-ring (bicyclic) bond motifs is 1. The van der Waals surface area contributed by atoms with Crippen LogP contribution in [0.2, 0.25) is 0 Å². The van der Waals surface area contributed by atoms with E-state index >= 15 is 0 Å². The summed E-state index contributed by atoms with van der Waals surface area (Å²) >= 11 is 0. The lowest BCUT2D eigenvalue weighted by molar-refractivity contribution is 0.0526. The zero-order valence-corrected chi connectivity index (χ0v) is 11.5. The van der Waals surface area contributed by atoms with E-state index in [1.54, 1.807) is 19.9 Å². The summed E-state index contributed by atoms with van der Waals surface area (Å²) in [6, 6.07) is 10.6. The van der Waals surface area contributed by atoms with Gasteiger partial charge < -0.3 is 9.47 Å². The molecule has 0 aromatic heterocycles. The maximum Gasteiger partial charge on any atom is 0.338 e. The Morgan fingerprint density at radius 2 is 1.60 bits per heavy atom. The molecule has 0 aliphatic heterocycles. The zero-order valence-electron chi connectivity index (χ0n) is 11.5. The van der Waals surface area contributed by atoms with Crippen molar-refractivity contribution in [3.8, 4) is 0 Å². The Bertz CT molecular complexity index is 646. The summed E-state index contributed by atoms with van der Waals surface area (Å²) in [6.45, 7) is 4.07. The van der Waals surface area contributed by atoms with E-state index < -0.39 is 11.9 Å². The van der Waals surface area contributed by atoms with Crippen LogP contribution in [-0.2, 0) is 9.47 Å². The van der Waals surface area contributed by atoms with E-state index in [1.165, 1.54) is 6.07 Å². The summed E-state index contributed by atoms with van der Waals surface area (Å²) in [4.78, 5) is 23.9. The fourth-order valence-electron chi connectivity index (χ4n) is 2.02. The Labute approximate surface area is 117 Å². The smallest absolute Gasteiger partial charge is 0.338 e. The first-order valence-corrected chi connectivity index (χ1v) is 6.54. The number of hydrogen-bond donors (Lipinski definition) is 0. The van der Waals surface area contributed by atoms with Gasteiger partial charge in [0.2, 0.25) is 0 Å². The van der Waals surface area contributed by atoms with Gasteiger partial charge in [0, 0.05) is 0 Å². The van der Waals surface area contributed by atoms with Crippen molar-refractivity contribution in [3.05, 3.63) is 47.5 Å². The minimum Gasteiger partial charge on any atom is -0.462 e. The molecule has 0 N–H and O–H groups in total. The first-order valence-electron chi connectivity index (χ1n) is 6.54. The van der Waals surface area contributed by atoms with E-state index in [2.05, 4.69) is 0 Å². The molecule has 2 aromatic carbocycles. The van der Waals surface area contributed by atoms with Crippen molar-refractivity contribution >= 4 is 22.7 Å². The van der Waals surface area contributed by atoms with Crippen molar-refractivity contribution in [3.63, 3.8) is 0 Å². The van der Waals surface area contributed by atoms with Crippen LogP contribution in [0.25, 0.3) is 10.8 Å². The van der Waals surface area contributed by atoms with Crippen molar-refractivity contribution < 1.29 is 19.1 Å². The second kappa shape index (κ2) is 6.19. The van der Waals surface area contributed by atoms with E-state index in [0.29, 0.717) is 17.7 Å². The van der Waals surface area contributed by atoms with E-state index in [1.807, 2.05) is 24.3 Å². The highest BCUT2D eigenvalue weighted by Crippen LogP contribution is 2.22. The molecule has 0 bridgehead atoms. The quantitative estimate of drug-likeness (QED) is 0.802. The lowest BCUT2D eigenvalue weighted by atomic mass is 10.0. The first-order chi connectivity index (χ1) is 9.67. The summed E-state index contributed by atoms with van der Waals surface area (Å²) < 4.78 is 10.0. The average molecular weight is 272 g/mol. The average Bonchev–Trinajstić information content (AvgIpc) is 2.46. The van der Waals surface area contributed by atoms with Crippen LogP contribution in [-0.4, -0.2) is 25.2 Å². The molecule has 0 aliphatic rings. The Balaban J connectivity index is 2.57. The van der Waals surface area contributed by atoms with Gasteiger partial charge in [0.1, 0.15) is 0 Å². The lowest BCUT2D eigenvalue weighted by Gasteiger charge is -2.09. The number of rotatable bonds is 4. The standard InChI is InChI=1S/C16H16O4/c1-3-19-15(17)12-9-11-7-5-6-8-13(11)14(10-12)16(18)20-4-2/h5-10H,3-4H2,1-2H3. The predicted molar refractivity (Wildman–Crippen MR) is 75.9 cm³/mol. The third-order valence-corrected chi connectivity index (χ3v) is 2.87. The lowest BCUT2D eigenvalue weighted by Crippen LogP contribution is -2.09. The van der Waals surface area contributed by atoms with Crippen molar-refractivity contribution in [2.45, 2.75) is 13.8 Å².